The molecular formula is C10H11N3O5. The minimum atomic E-state index is -0.973. The summed E-state index contributed by atoms with van der Waals surface area (Å²) in [5.41, 5.74) is 4.69. The fourth-order valence-electron chi connectivity index (χ4n) is 1.13. The zero-order chi connectivity index (χ0) is 13.7. The summed E-state index contributed by atoms with van der Waals surface area (Å²) >= 11 is 0. The number of imide groups is 1. The molecule has 1 rings (SSSR count). The van der Waals surface area contributed by atoms with Gasteiger partial charge in [-0.3, -0.25) is 20.2 Å². The Bertz CT molecular complexity index is 471. The highest BCUT2D eigenvalue weighted by Gasteiger charge is 2.16. The van der Waals surface area contributed by atoms with Crippen molar-refractivity contribution in [2.75, 3.05) is 0 Å². The van der Waals surface area contributed by atoms with Crippen LogP contribution in [0.4, 0.5) is 10.5 Å². The number of amides is 3. The smallest absolute Gasteiger partial charge is 0.318 e. The number of urea groups is 1. The molecular weight excluding hydrogens is 242 g/mol. The number of rotatable bonds is 4. The van der Waals surface area contributed by atoms with Crippen LogP contribution in [0.2, 0.25) is 0 Å². The summed E-state index contributed by atoms with van der Waals surface area (Å²) in [4.78, 5) is 31.6. The Hall–Kier alpha value is -2.64. The second kappa shape index (κ2) is 5.62. The first-order valence-electron chi connectivity index (χ1n) is 4.91. The number of primary amides is 1. The number of hydrogen-bond donors (Lipinski definition) is 2. The van der Waals surface area contributed by atoms with Gasteiger partial charge in [0.25, 0.3) is 11.6 Å². The molecule has 3 N–H and O–H groups in total. The van der Waals surface area contributed by atoms with Gasteiger partial charge in [0, 0.05) is 12.1 Å². The third-order valence-corrected chi connectivity index (χ3v) is 1.98. The van der Waals surface area contributed by atoms with Crippen LogP contribution in [0.3, 0.4) is 0 Å². The van der Waals surface area contributed by atoms with Crippen molar-refractivity contribution < 1.29 is 19.2 Å². The molecule has 0 aliphatic heterocycles. The summed E-state index contributed by atoms with van der Waals surface area (Å²) in [6.07, 6.45) is -0.945. The van der Waals surface area contributed by atoms with Gasteiger partial charge in [-0.05, 0) is 19.1 Å². The Morgan fingerprint density at radius 3 is 2.39 bits per heavy atom. The number of nitrogens with two attached hydrogens (primary N) is 1. The van der Waals surface area contributed by atoms with Crippen molar-refractivity contribution in [3.63, 3.8) is 0 Å². The average molecular weight is 253 g/mol. The lowest BCUT2D eigenvalue weighted by molar-refractivity contribution is -0.384. The lowest BCUT2D eigenvalue weighted by Crippen LogP contribution is -2.42. The number of ether oxygens (including phenoxy) is 1. The van der Waals surface area contributed by atoms with E-state index in [2.05, 4.69) is 0 Å². The van der Waals surface area contributed by atoms with Gasteiger partial charge in [0.2, 0.25) is 0 Å². The van der Waals surface area contributed by atoms with Crippen molar-refractivity contribution >= 4 is 17.6 Å². The normalized spacial score (nSPS) is 11.4. The van der Waals surface area contributed by atoms with Crippen LogP contribution in [0.15, 0.2) is 24.3 Å². The van der Waals surface area contributed by atoms with E-state index in [-0.39, 0.29) is 11.4 Å². The number of nitro benzene ring substituents is 1. The molecule has 0 radical (unpaired) electrons. The largest absolute Gasteiger partial charge is 0.481 e. The van der Waals surface area contributed by atoms with Crippen molar-refractivity contribution in [3.8, 4) is 5.75 Å². The summed E-state index contributed by atoms with van der Waals surface area (Å²) in [6.45, 7) is 1.42. The molecule has 0 saturated carbocycles. The molecule has 3 amide bonds. The van der Waals surface area contributed by atoms with Crippen molar-refractivity contribution in [1.29, 1.82) is 0 Å². The number of non-ortho nitro benzene ring substituents is 1. The molecule has 0 saturated heterocycles. The molecule has 18 heavy (non-hydrogen) atoms. The van der Waals surface area contributed by atoms with E-state index < -0.39 is 23.0 Å². The molecule has 0 aromatic heterocycles. The van der Waals surface area contributed by atoms with Gasteiger partial charge in [0.15, 0.2) is 6.10 Å². The Morgan fingerprint density at radius 1 is 1.39 bits per heavy atom. The van der Waals surface area contributed by atoms with Gasteiger partial charge in [0.1, 0.15) is 5.75 Å². The second-order valence-electron chi connectivity index (χ2n) is 3.36. The summed E-state index contributed by atoms with van der Waals surface area (Å²) in [5, 5.41) is 12.3. The maximum atomic E-state index is 11.3. The minimum absolute atomic E-state index is 0.0865. The average Bonchev–Trinajstić information content (AvgIpc) is 2.28. The number of carbonyl (C=O) groups excluding carboxylic acids is 2. The zero-order valence-corrected chi connectivity index (χ0v) is 9.45. The van der Waals surface area contributed by atoms with E-state index >= 15 is 0 Å². The van der Waals surface area contributed by atoms with E-state index in [0.29, 0.717) is 0 Å². The van der Waals surface area contributed by atoms with E-state index in [0.717, 1.165) is 0 Å². The van der Waals surface area contributed by atoms with Crippen LogP contribution in [-0.4, -0.2) is 23.0 Å². The van der Waals surface area contributed by atoms with Gasteiger partial charge < -0.3 is 10.5 Å². The predicted molar refractivity (Wildman–Crippen MR) is 60.9 cm³/mol. The van der Waals surface area contributed by atoms with Gasteiger partial charge in [-0.25, -0.2) is 4.79 Å². The van der Waals surface area contributed by atoms with Gasteiger partial charge in [-0.1, -0.05) is 0 Å². The van der Waals surface area contributed by atoms with Crippen molar-refractivity contribution in [3.05, 3.63) is 34.4 Å². The van der Waals surface area contributed by atoms with Crippen molar-refractivity contribution in [2.45, 2.75) is 13.0 Å². The first kappa shape index (κ1) is 13.4. The lowest BCUT2D eigenvalue weighted by atomic mass is 10.3. The summed E-state index contributed by atoms with van der Waals surface area (Å²) in [5.74, 6) is -0.423. The maximum absolute atomic E-state index is 11.3. The third-order valence-electron chi connectivity index (χ3n) is 1.98. The standard InChI is InChI=1S/C10H11N3O5/c1-6(9(14)12-10(11)15)18-8-4-2-7(3-5-8)13(16)17/h2-6H,1H3,(H3,11,12,14,15). The van der Waals surface area contributed by atoms with Crippen LogP contribution in [0.25, 0.3) is 0 Å². The predicted octanol–water partition coefficient (Wildman–Crippen LogP) is 0.557. The summed E-state index contributed by atoms with van der Waals surface area (Å²) in [6, 6.07) is 4.22. The minimum Gasteiger partial charge on any atom is -0.481 e. The number of hydrogen-bond acceptors (Lipinski definition) is 5. The number of nitro groups is 1. The van der Waals surface area contributed by atoms with Crippen LogP contribution in [0, 0.1) is 10.1 Å². The Morgan fingerprint density at radius 2 is 1.94 bits per heavy atom. The van der Waals surface area contributed by atoms with Crippen LogP contribution in [-0.2, 0) is 4.79 Å². The van der Waals surface area contributed by atoms with E-state index in [1.807, 2.05) is 5.32 Å². The molecule has 1 aromatic carbocycles. The highest BCUT2D eigenvalue weighted by atomic mass is 16.6. The van der Waals surface area contributed by atoms with E-state index in [4.69, 9.17) is 10.5 Å². The van der Waals surface area contributed by atoms with Crippen LogP contribution in [0.5, 0.6) is 5.75 Å². The second-order valence-corrected chi connectivity index (χ2v) is 3.36. The Kier molecular flexibility index (Phi) is 4.19. The Balaban J connectivity index is 2.64. The van der Waals surface area contributed by atoms with Crippen molar-refractivity contribution in [1.82, 2.24) is 5.32 Å². The molecule has 96 valence electrons. The number of nitrogens with zero attached hydrogens (tertiary/aromatic N) is 1. The quantitative estimate of drug-likeness (QED) is 0.599. The van der Waals surface area contributed by atoms with Crippen LogP contribution in [0.1, 0.15) is 6.92 Å². The van der Waals surface area contributed by atoms with Gasteiger partial charge in [0.05, 0.1) is 4.92 Å². The number of benzene rings is 1. The third kappa shape index (κ3) is 3.74. The van der Waals surface area contributed by atoms with E-state index in [1.54, 1.807) is 0 Å². The van der Waals surface area contributed by atoms with Crippen LogP contribution < -0.4 is 15.8 Å². The molecule has 1 aromatic rings. The Labute approximate surface area is 102 Å². The molecule has 1 atom stereocenters. The zero-order valence-electron chi connectivity index (χ0n) is 9.45. The van der Waals surface area contributed by atoms with Gasteiger partial charge in [-0.2, -0.15) is 0 Å². The summed E-state index contributed by atoms with van der Waals surface area (Å²) in [7, 11) is 0. The van der Waals surface area contributed by atoms with Gasteiger partial charge >= 0.3 is 6.03 Å². The highest BCUT2D eigenvalue weighted by molar-refractivity contribution is 5.95. The molecule has 0 aliphatic carbocycles. The molecule has 0 heterocycles. The van der Waals surface area contributed by atoms with E-state index in [9.17, 15) is 19.7 Å². The first-order valence-corrected chi connectivity index (χ1v) is 4.91. The maximum Gasteiger partial charge on any atom is 0.318 e. The molecule has 8 nitrogen and oxygen atoms in total. The lowest BCUT2D eigenvalue weighted by Gasteiger charge is -2.12. The SMILES string of the molecule is CC(Oc1ccc([N+](=O)[O-])cc1)C(=O)NC(N)=O. The van der Waals surface area contributed by atoms with Gasteiger partial charge in [-0.15, -0.1) is 0 Å². The summed E-state index contributed by atoms with van der Waals surface area (Å²) < 4.78 is 5.17. The van der Waals surface area contributed by atoms with Crippen molar-refractivity contribution in [2.24, 2.45) is 5.73 Å². The number of carbonyl (C=O) groups is 2. The fraction of sp³-hybridized carbons (Fsp3) is 0.200. The van der Waals surface area contributed by atoms with Crippen LogP contribution >= 0.6 is 0 Å². The molecule has 1 unspecified atom stereocenters. The monoisotopic (exact) mass is 253 g/mol. The molecule has 0 bridgehead atoms. The topological polar surface area (TPSA) is 125 Å². The van der Waals surface area contributed by atoms with E-state index in [1.165, 1.54) is 31.2 Å². The molecule has 0 spiro atoms. The highest BCUT2D eigenvalue weighted by Crippen LogP contribution is 2.18. The first-order chi connectivity index (χ1) is 8.40. The fourth-order valence-corrected chi connectivity index (χ4v) is 1.13. The molecule has 0 fully saturated rings. The molecule has 8 heteroatoms. The number of nitrogens with one attached hydrogen (secondary N) is 1. The molecule has 0 aliphatic rings.